The highest BCUT2D eigenvalue weighted by Crippen LogP contribution is 2.45. The zero-order chi connectivity index (χ0) is 23.8. The molecule has 1 amide bonds. The number of ketones is 1. The van der Waals surface area contributed by atoms with Gasteiger partial charge in [-0.2, -0.15) is 0 Å². The van der Waals surface area contributed by atoms with Gasteiger partial charge in [-0.05, 0) is 67.2 Å². The highest BCUT2D eigenvalue weighted by atomic mass is 16.2. The summed E-state index contributed by atoms with van der Waals surface area (Å²) in [6.45, 7) is 0. The number of nitrogens with zero attached hydrogens (tertiary/aromatic N) is 2. The predicted molar refractivity (Wildman–Crippen MR) is 135 cm³/mol. The number of imidazole rings is 1. The lowest BCUT2D eigenvalue weighted by Gasteiger charge is -2.32. The number of allylic oxidation sites excluding steroid dienone is 4. The van der Waals surface area contributed by atoms with Crippen LogP contribution in [0.4, 0.5) is 5.69 Å². The van der Waals surface area contributed by atoms with Gasteiger partial charge in [0.25, 0.3) is 5.91 Å². The van der Waals surface area contributed by atoms with Gasteiger partial charge >= 0.3 is 0 Å². The Morgan fingerprint density at radius 3 is 2.57 bits per heavy atom. The van der Waals surface area contributed by atoms with E-state index in [1.54, 1.807) is 6.08 Å². The molecule has 6 nitrogen and oxygen atoms in total. The molecule has 2 N–H and O–H groups in total. The van der Waals surface area contributed by atoms with Crippen molar-refractivity contribution in [3.63, 3.8) is 0 Å². The van der Waals surface area contributed by atoms with E-state index in [1.807, 2.05) is 60.9 Å². The van der Waals surface area contributed by atoms with Gasteiger partial charge in [-0.15, -0.1) is 0 Å². The minimum atomic E-state index is -0.224. The van der Waals surface area contributed by atoms with E-state index < -0.39 is 0 Å². The Bertz CT molecular complexity index is 1320. The maximum Gasteiger partial charge on any atom is 0.251 e. The van der Waals surface area contributed by atoms with Crippen LogP contribution in [0.3, 0.4) is 0 Å². The van der Waals surface area contributed by atoms with Crippen LogP contribution in [-0.4, -0.2) is 21.2 Å². The smallest absolute Gasteiger partial charge is 0.251 e. The highest BCUT2D eigenvalue weighted by molar-refractivity contribution is 5.95. The van der Waals surface area contributed by atoms with Crippen LogP contribution in [0.1, 0.15) is 65.9 Å². The summed E-state index contributed by atoms with van der Waals surface area (Å²) in [4.78, 5) is 29.5. The molecule has 1 saturated carbocycles. The van der Waals surface area contributed by atoms with Crippen molar-refractivity contribution in [3.8, 4) is 0 Å². The predicted octanol–water partition coefficient (Wildman–Crippen LogP) is 5.25. The number of hydrogen-bond donors (Lipinski definition) is 2. The van der Waals surface area contributed by atoms with Gasteiger partial charge in [0.1, 0.15) is 5.82 Å². The number of carbonyl (C=O) groups excluding carboxylic acids is 2. The fourth-order valence-electron chi connectivity index (χ4n) is 5.30. The van der Waals surface area contributed by atoms with Crippen molar-refractivity contribution in [1.29, 1.82) is 0 Å². The van der Waals surface area contributed by atoms with Crippen molar-refractivity contribution in [2.24, 2.45) is 0 Å². The Morgan fingerprint density at radius 1 is 1.03 bits per heavy atom. The number of amides is 1. The van der Waals surface area contributed by atoms with Gasteiger partial charge in [0.15, 0.2) is 5.78 Å². The van der Waals surface area contributed by atoms with Crippen molar-refractivity contribution in [1.82, 2.24) is 14.9 Å². The van der Waals surface area contributed by atoms with Gasteiger partial charge in [0.05, 0.1) is 17.6 Å². The molecule has 2 heterocycles. The van der Waals surface area contributed by atoms with Crippen molar-refractivity contribution >= 4 is 17.4 Å². The Morgan fingerprint density at radius 2 is 1.83 bits per heavy atom. The molecule has 0 bridgehead atoms. The van der Waals surface area contributed by atoms with E-state index in [2.05, 4.69) is 38.4 Å². The fraction of sp³-hybridized carbons (Fsp3) is 0.276. The number of nitrogens with one attached hydrogen (secondary N) is 2. The number of benzene rings is 2. The fourth-order valence-corrected chi connectivity index (χ4v) is 5.30. The molecule has 0 radical (unpaired) electrons. The lowest BCUT2D eigenvalue weighted by atomic mass is 9.91. The van der Waals surface area contributed by atoms with E-state index in [0.29, 0.717) is 12.0 Å². The number of hydrogen-bond acceptors (Lipinski definition) is 4. The maximum absolute atomic E-state index is 12.9. The van der Waals surface area contributed by atoms with Crippen molar-refractivity contribution in [2.45, 2.75) is 49.7 Å². The summed E-state index contributed by atoms with van der Waals surface area (Å²) in [6.07, 6.45) is 13.9. The summed E-state index contributed by atoms with van der Waals surface area (Å²) in [5.41, 5.74) is 3.61. The van der Waals surface area contributed by atoms with E-state index >= 15 is 0 Å². The number of anilines is 1. The molecule has 2 aliphatic carbocycles. The third kappa shape index (κ3) is 4.20. The molecule has 6 heteroatoms. The average molecular weight is 465 g/mol. The van der Waals surface area contributed by atoms with E-state index in [1.165, 1.54) is 5.56 Å². The molecule has 3 aromatic rings. The standard InChI is InChI=1S/C29H28N4O2/c34-24-8-4-5-21(19-24)26-14-13-25(27-30-17-18-33(26)27)31-23-11-9-20(10-12-23)28(35)32-29(15-16-29)22-6-2-1-3-7-22/h1-7,9-12,17-19,25-26,31H,8,13-16H2,(H,32,35). The number of aromatic nitrogens is 2. The summed E-state index contributed by atoms with van der Waals surface area (Å²) in [6, 6.07) is 18.1. The second-order valence-corrected chi connectivity index (χ2v) is 9.68. The van der Waals surface area contributed by atoms with Gasteiger partial charge in [-0.1, -0.05) is 42.5 Å². The van der Waals surface area contributed by atoms with Crippen LogP contribution >= 0.6 is 0 Å². The summed E-state index contributed by atoms with van der Waals surface area (Å²) < 4.78 is 2.18. The lowest BCUT2D eigenvalue weighted by Crippen LogP contribution is -2.34. The summed E-state index contributed by atoms with van der Waals surface area (Å²) in [7, 11) is 0. The highest BCUT2D eigenvalue weighted by Gasteiger charge is 2.45. The quantitative estimate of drug-likeness (QED) is 0.523. The summed E-state index contributed by atoms with van der Waals surface area (Å²) in [5, 5.41) is 6.83. The van der Waals surface area contributed by atoms with Crippen LogP contribution in [-0.2, 0) is 10.3 Å². The molecule has 2 unspecified atom stereocenters. The van der Waals surface area contributed by atoms with E-state index in [-0.39, 0.29) is 29.3 Å². The van der Waals surface area contributed by atoms with E-state index in [9.17, 15) is 9.59 Å². The largest absolute Gasteiger partial charge is 0.375 e. The van der Waals surface area contributed by atoms with Crippen LogP contribution in [0, 0.1) is 0 Å². The Balaban J connectivity index is 1.14. The molecule has 6 rings (SSSR count). The first kappa shape index (κ1) is 21.6. The van der Waals surface area contributed by atoms with Crippen molar-refractivity contribution < 1.29 is 9.59 Å². The Labute approximate surface area is 204 Å². The van der Waals surface area contributed by atoms with E-state index in [0.717, 1.165) is 42.8 Å². The van der Waals surface area contributed by atoms with Gasteiger partial charge < -0.3 is 15.2 Å². The Kier molecular flexibility index (Phi) is 5.36. The minimum Gasteiger partial charge on any atom is -0.375 e. The topological polar surface area (TPSA) is 76.0 Å². The molecule has 35 heavy (non-hydrogen) atoms. The molecule has 0 spiro atoms. The van der Waals surface area contributed by atoms with Crippen molar-refractivity contribution in [3.05, 3.63) is 108 Å². The van der Waals surface area contributed by atoms with Crippen LogP contribution in [0.5, 0.6) is 0 Å². The molecular weight excluding hydrogens is 436 g/mol. The summed E-state index contributed by atoms with van der Waals surface area (Å²) >= 11 is 0. The second kappa shape index (κ2) is 8.69. The monoisotopic (exact) mass is 464 g/mol. The number of fused-ring (bicyclic) bond motifs is 1. The average Bonchev–Trinajstić information content (AvgIpc) is 3.49. The number of rotatable bonds is 6. The van der Waals surface area contributed by atoms with Gasteiger partial charge in [-0.3, -0.25) is 9.59 Å². The maximum atomic E-state index is 12.9. The molecule has 2 atom stereocenters. The van der Waals surface area contributed by atoms with Crippen LogP contribution in [0.25, 0.3) is 0 Å². The molecule has 2 aromatic carbocycles. The van der Waals surface area contributed by atoms with Gasteiger partial charge in [-0.25, -0.2) is 4.98 Å². The van der Waals surface area contributed by atoms with Gasteiger partial charge in [0.2, 0.25) is 0 Å². The molecule has 1 aliphatic heterocycles. The Hall–Kier alpha value is -3.93. The van der Waals surface area contributed by atoms with Crippen LogP contribution in [0.2, 0.25) is 0 Å². The first-order chi connectivity index (χ1) is 17.1. The third-order valence-electron chi connectivity index (χ3n) is 7.33. The zero-order valence-electron chi connectivity index (χ0n) is 19.5. The minimum absolute atomic E-state index is 0.0442. The lowest BCUT2D eigenvalue weighted by molar-refractivity contribution is -0.114. The van der Waals surface area contributed by atoms with E-state index in [4.69, 9.17) is 0 Å². The number of carbonyl (C=O) groups is 2. The zero-order valence-corrected chi connectivity index (χ0v) is 19.5. The van der Waals surface area contributed by atoms with Crippen molar-refractivity contribution in [2.75, 3.05) is 5.32 Å². The molecular formula is C29H28N4O2. The SMILES string of the molecule is O=C1C=C(C2CCC(Nc3ccc(C(=O)NC4(c5ccccc5)CC4)cc3)c3nccn32)C=CC1. The molecule has 1 aromatic heterocycles. The third-order valence-corrected chi connectivity index (χ3v) is 7.33. The van der Waals surface area contributed by atoms with Gasteiger partial charge in [0, 0.05) is 30.1 Å². The van der Waals surface area contributed by atoms with Crippen LogP contribution < -0.4 is 10.6 Å². The summed E-state index contributed by atoms with van der Waals surface area (Å²) in [5.74, 6) is 1.08. The first-order valence-corrected chi connectivity index (χ1v) is 12.3. The first-order valence-electron chi connectivity index (χ1n) is 12.3. The van der Waals surface area contributed by atoms with Crippen LogP contribution in [0.15, 0.2) is 90.8 Å². The normalized spacial score (nSPS) is 22.2. The second-order valence-electron chi connectivity index (χ2n) is 9.68. The molecule has 3 aliphatic rings. The molecule has 176 valence electrons. The molecule has 1 fully saturated rings. The molecule has 0 saturated heterocycles.